The molecule has 0 radical (unpaired) electrons. The van der Waals surface area contributed by atoms with E-state index in [9.17, 15) is 0 Å². The summed E-state index contributed by atoms with van der Waals surface area (Å²) >= 11 is 0. The molecule has 1 aliphatic carbocycles. The summed E-state index contributed by atoms with van der Waals surface area (Å²) in [5, 5.41) is 3.44. The molecule has 0 atom stereocenters. The van der Waals surface area contributed by atoms with Crippen LogP contribution in [-0.4, -0.2) is 11.6 Å². The minimum absolute atomic E-state index is 0.113. The molecule has 1 heterocycles. The third kappa shape index (κ3) is 3.85. The van der Waals surface area contributed by atoms with Gasteiger partial charge in [-0.15, -0.1) is 0 Å². The van der Waals surface area contributed by atoms with Gasteiger partial charge >= 0.3 is 0 Å². The second kappa shape index (κ2) is 5.45. The molecule has 2 rings (SSSR count). The first-order valence-electron chi connectivity index (χ1n) is 6.89. The fraction of sp³-hybridized carbons (Fsp3) is 0.733. The maximum absolute atomic E-state index is 5.84. The second-order valence-corrected chi connectivity index (χ2v) is 6.29. The zero-order valence-electron chi connectivity index (χ0n) is 12.0. The number of aryl methyl sites for hydroxylation is 1. The summed E-state index contributed by atoms with van der Waals surface area (Å²) in [6, 6.07) is 2.10. The predicted octanol–water partition coefficient (Wildman–Crippen LogP) is 3.55. The van der Waals surface area contributed by atoms with Gasteiger partial charge in [-0.05, 0) is 58.6 Å². The van der Waals surface area contributed by atoms with Crippen LogP contribution in [0.2, 0.25) is 0 Å². The van der Waals surface area contributed by atoms with Crippen molar-refractivity contribution in [3.8, 4) is 0 Å². The Balaban J connectivity index is 1.85. The molecule has 1 aromatic rings. The largest absolute Gasteiger partial charge is 0.462 e. The van der Waals surface area contributed by atoms with Gasteiger partial charge in [0, 0.05) is 5.54 Å². The van der Waals surface area contributed by atoms with E-state index in [2.05, 4.69) is 39.1 Å². The lowest BCUT2D eigenvalue weighted by atomic mass is 9.96. The molecule has 3 heteroatoms. The topological polar surface area (TPSA) is 34.4 Å². The fourth-order valence-corrected chi connectivity index (χ4v) is 1.92. The summed E-state index contributed by atoms with van der Waals surface area (Å²) in [5.41, 5.74) is 1.32. The fourth-order valence-electron chi connectivity index (χ4n) is 1.92. The van der Waals surface area contributed by atoms with Gasteiger partial charge in [0.05, 0.1) is 12.6 Å². The Morgan fingerprint density at radius 1 is 1.39 bits per heavy atom. The van der Waals surface area contributed by atoms with Crippen molar-refractivity contribution in [2.75, 3.05) is 0 Å². The van der Waals surface area contributed by atoms with Crippen LogP contribution in [0.25, 0.3) is 0 Å². The lowest BCUT2D eigenvalue weighted by molar-refractivity contribution is -0.0160. The summed E-state index contributed by atoms with van der Waals surface area (Å²) < 4.78 is 11.6. The van der Waals surface area contributed by atoms with Crippen LogP contribution >= 0.6 is 0 Å². The first-order chi connectivity index (χ1) is 8.44. The van der Waals surface area contributed by atoms with E-state index in [0.717, 1.165) is 18.1 Å². The quantitative estimate of drug-likeness (QED) is 0.869. The molecule has 3 nitrogen and oxygen atoms in total. The molecule has 0 aromatic carbocycles. The standard InChI is InChI=1S/C15H25NO2/c1-11-8-13(10-17-12-6-5-7-12)18-14(11)9-16-15(2,3)4/h8,12,16H,5-7,9-10H2,1-4H3. The third-order valence-electron chi connectivity index (χ3n) is 3.36. The molecule has 18 heavy (non-hydrogen) atoms. The molecular formula is C15H25NO2. The van der Waals surface area contributed by atoms with E-state index in [-0.39, 0.29) is 5.54 Å². The molecular weight excluding hydrogens is 226 g/mol. The van der Waals surface area contributed by atoms with E-state index < -0.39 is 0 Å². The summed E-state index contributed by atoms with van der Waals surface area (Å²) in [7, 11) is 0. The zero-order chi connectivity index (χ0) is 13.2. The van der Waals surface area contributed by atoms with E-state index in [1.807, 2.05) is 0 Å². The minimum atomic E-state index is 0.113. The third-order valence-corrected chi connectivity index (χ3v) is 3.36. The molecule has 0 spiro atoms. The van der Waals surface area contributed by atoms with E-state index in [4.69, 9.17) is 9.15 Å². The van der Waals surface area contributed by atoms with Gasteiger partial charge in [-0.1, -0.05) is 0 Å². The SMILES string of the molecule is Cc1cc(COC2CCC2)oc1CNC(C)(C)C. The lowest BCUT2D eigenvalue weighted by Gasteiger charge is -2.24. The maximum Gasteiger partial charge on any atom is 0.130 e. The van der Waals surface area contributed by atoms with Crippen molar-refractivity contribution in [2.24, 2.45) is 0 Å². The van der Waals surface area contributed by atoms with Crippen molar-refractivity contribution >= 4 is 0 Å². The Morgan fingerprint density at radius 2 is 2.11 bits per heavy atom. The van der Waals surface area contributed by atoms with Crippen LogP contribution in [0, 0.1) is 6.92 Å². The van der Waals surface area contributed by atoms with Crippen LogP contribution < -0.4 is 5.32 Å². The predicted molar refractivity (Wildman–Crippen MR) is 72.5 cm³/mol. The molecule has 0 aliphatic heterocycles. The van der Waals surface area contributed by atoms with Crippen LogP contribution in [0.3, 0.4) is 0 Å². The lowest BCUT2D eigenvalue weighted by Crippen LogP contribution is -2.35. The Kier molecular flexibility index (Phi) is 4.13. The minimum Gasteiger partial charge on any atom is -0.462 e. The summed E-state index contributed by atoms with van der Waals surface area (Å²) in [6.07, 6.45) is 4.19. The van der Waals surface area contributed by atoms with Crippen LogP contribution in [0.4, 0.5) is 0 Å². The molecule has 1 fully saturated rings. The van der Waals surface area contributed by atoms with Gasteiger partial charge in [0.25, 0.3) is 0 Å². The number of rotatable bonds is 5. The molecule has 0 bridgehead atoms. The summed E-state index contributed by atoms with van der Waals surface area (Å²) in [6.45, 7) is 9.96. The number of ether oxygens (including phenoxy) is 1. The molecule has 1 aliphatic rings. The van der Waals surface area contributed by atoms with Crippen molar-refractivity contribution in [2.45, 2.75) is 71.8 Å². The molecule has 1 saturated carbocycles. The molecule has 102 valence electrons. The molecule has 1 N–H and O–H groups in total. The zero-order valence-corrected chi connectivity index (χ0v) is 12.0. The van der Waals surface area contributed by atoms with Crippen LogP contribution in [0.1, 0.15) is 57.1 Å². The highest BCUT2D eigenvalue weighted by atomic mass is 16.5. The first-order valence-corrected chi connectivity index (χ1v) is 6.89. The van der Waals surface area contributed by atoms with Crippen molar-refractivity contribution in [1.29, 1.82) is 0 Å². The number of furan rings is 1. The van der Waals surface area contributed by atoms with Crippen molar-refractivity contribution in [3.63, 3.8) is 0 Å². The Bertz CT molecular complexity index is 386. The Labute approximate surface area is 110 Å². The summed E-state index contributed by atoms with van der Waals surface area (Å²) in [5.74, 6) is 1.97. The van der Waals surface area contributed by atoms with Gasteiger partial charge in [-0.25, -0.2) is 0 Å². The number of hydrogen-bond donors (Lipinski definition) is 1. The van der Waals surface area contributed by atoms with Crippen LogP contribution in [0.5, 0.6) is 0 Å². The normalized spacial score (nSPS) is 16.9. The first kappa shape index (κ1) is 13.6. The van der Waals surface area contributed by atoms with Gasteiger partial charge in [0.2, 0.25) is 0 Å². The number of nitrogens with one attached hydrogen (secondary N) is 1. The highest BCUT2D eigenvalue weighted by molar-refractivity contribution is 5.19. The van der Waals surface area contributed by atoms with E-state index >= 15 is 0 Å². The monoisotopic (exact) mass is 251 g/mol. The van der Waals surface area contributed by atoms with Gasteiger partial charge in [-0.3, -0.25) is 0 Å². The highest BCUT2D eigenvalue weighted by Crippen LogP contribution is 2.24. The van der Waals surface area contributed by atoms with Gasteiger partial charge < -0.3 is 14.5 Å². The van der Waals surface area contributed by atoms with Crippen LogP contribution in [-0.2, 0) is 17.9 Å². The van der Waals surface area contributed by atoms with Crippen molar-refractivity contribution < 1.29 is 9.15 Å². The second-order valence-electron chi connectivity index (χ2n) is 6.29. The number of hydrogen-bond acceptors (Lipinski definition) is 3. The Hall–Kier alpha value is -0.800. The maximum atomic E-state index is 5.84. The Morgan fingerprint density at radius 3 is 2.67 bits per heavy atom. The molecule has 1 aromatic heterocycles. The van der Waals surface area contributed by atoms with Crippen LogP contribution in [0.15, 0.2) is 10.5 Å². The van der Waals surface area contributed by atoms with E-state index in [0.29, 0.717) is 12.7 Å². The average Bonchev–Trinajstić information content (AvgIpc) is 2.53. The van der Waals surface area contributed by atoms with E-state index in [1.165, 1.54) is 24.8 Å². The highest BCUT2D eigenvalue weighted by Gasteiger charge is 2.19. The van der Waals surface area contributed by atoms with Crippen molar-refractivity contribution in [3.05, 3.63) is 23.2 Å². The average molecular weight is 251 g/mol. The molecule has 0 saturated heterocycles. The van der Waals surface area contributed by atoms with Gasteiger partial charge in [0.1, 0.15) is 18.1 Å². The van der Waals surface area contributed by atoms with Gasteiger partial charge in [0.15, 0.2) is 0 Å². The smallest absolute Gasteiger partial charge is 0.130 e. The van der Waals surface area contributed by atoms with Gasteiger partial charge in [-0.2, -0.15) is 0 Å². The van der Waals surface area contributed by atoms with E-state index in [1.54, 1.807) is 0 Å². The summed E-state index contributed by atoms with van der Waals surface area (Å²) in [4.78, 5) is 0. The molecule has 0 amide bonds. The molecule has 0 unspecified atom stereocenters. The van der Waals surface area contributed by atoms with Crippen molar-refractivity contribution in [1.82, 2.24) is 5.32 Å².